The van der Waals surface area contributed by atoms with E-state index in [1.165, 1.54) is 16.8 Å². The molecule has 2 heterocycles. The van der Waals surface area contributed by atoms with Crippen LogP contribution in [0.2, 0.25) is 0 Å². The van der Waals surface area contributed by atoms with Gasteiger partial charge < -0.3 is 0 Å². The predicted molar refractivity (Wildman–Crippen MR) is 78.9 cm³/mol. The minimum absolute atomic E-state index is 0.0906. The molecule has 0 aliphatic rings. The molecule has 2 aromatic heterocycles. The predicted octanol–water partition coefficient (Wildman–Crippen LogP) is 2.91. The summed E-state index contributed by atoms with van der Waals surface area (Å²) in [5, 5.41) is 3.58. The Balaban J connectivity index is 2.02. The van der Waals surface area contributed by atoms with E-state index < -0.39 is 5.24 Å². The van der Waals surface area contributed by atoms with Crippen LogP contribution >= 0.6 is 11.6 Å². The number of benzene rings is 1. The largest absolute Gasteiger partial charge is 0.274 e. The fraction of sp³-hybridized carbons (Fsp3) is 0.0667. The monoisotopic (exact) mass is 316 g/mol. The molecular weight excluding hydrogens is 307 g/mol. The summed E-state index contributed by atoms with van der Waals surface area (Å²) in [4.78, 5) is 19.7. The molecule has 3 aromatic rings. The second-order valence-electron chi connectivity index (χ2n) is 4.51. The van der Waals surface area contributed by atoms with Crippen molar-refractivity contribution < 1.29 is 9.18 Å². The number of halogens is 2. The van der Waals surface area contributed by atoms with Crippen LogP contribution < -0.4 is 0 Å². The maximum absolute atomic E-state index is 13.8. The van der Waals surface area contributed by atoms with E-state index in [0.29, 0.717) is 17.1 Å². The second-order valence-corrected chi connectivity index (χ2v) is 4.85. The highest BCUT2D eigenvalue weighted by Gasteiger charge is 2.17. The first-order valence-electron chi connectivity index (χ1n) is 6.43. The number of nitrogens with zero attached hydrogens (tertiary/aromatic N) is 4. The second kappa shape index (κ2) is 6.03. The van der Waals surface area contributed by atoms with Gasteiger partial charge in [0.2, 0.25) is 0 Å². The van der Waals surface area contributed by atoms with Gasteiger partial charge in [-0.1, -0.05) is 18.2 Å². The molecule has 0 saturated heterocycles. The third kappa shape index (κ3) is 2.87. The van der Waals surface area contributed by atoms with E-state index in [9.17, 15) is 9.18 Å². The number of hydrogen-bond donors (Lipinski definition) is 0. The van der Waals surface area contributed by atoms with E-state index in [4.69, 9.17) is 11.6 Å². The molecule has 0 N–H and O–H groups in total. The smallest absolute Gasteiger partial charge is 0.270 e. The summed E-state index contributed by atoms with van der Waals surface area (Å²) in [6.45, 7) is 0.0906. The first-order valence-corrected chi connectivity index (χ1v) is 6.81. The molecule has 22 heavy (non-hydrogen) atoms. The van der Waals surface area contributed by atoms with E-state index in [1.54, 1.807) is 36.7 Å². The first kappa shape index (κ1) is 14.3. The molecule has 0 saturated carbocycles. The van der Waals surface area contributed by atoms with Crippen molar-refractivity contribution in [3.05, 3.63) is 65.9 Å². The van der Waals surface area contributed by atoms with E-state index >= 15 is 0 Å². The summed E-state index contributed by atoms with van der Waals surface area (Å²) in [6, 6.07) is 9.45. The van der Waals surface area contributed by atoms with Crippen molar-refractivity contribution in [1.29, 1.82) is 0 Å². The lowest BCUT2D eigenvalue weighted by Gasteiger charge is -2.05. The van der Waals surface area contributed by atoms with Crippen LogP contribution in [-0.2, 0) is 6.54 Å². The van der Waals surface area contributed by atoms with Crippen molar-refractivity contribution >= 4 is 16.8 Å². The van der Waals surface area contributed by atoms with Gasteiger partial charge in [-0.05, 0) is 29.8 Å². The van der Waals surface area contributed by atoms with E-state index in [0.717, 1.165) is 0 Å². The zero-order chi connectivity index (χ0) is 15.5. The quantitative estimate of drug-likeness (QED) is 0.694. The molecule has 0 atom stereocenters. The van der Waals surface area contributed by atoms with Gasteiger partial charge in [0.05, 0.1) is 6.54 Å². The normalized spacial score (nSPS) is 10.6. The van der Waals surface area contributed by atoms with E-state index in [1.807, 2.05) is 0 Å². The Morgan fingerprint density at radius 2 is 1.91 bits per heavy atom. The van der Waals surface area contributed by atoms with Gasteiger partial charge in [0.25, 0.3) is 5.24 Å². The Morgan fingerprint density at radius 1 is 1.18 bits per heavy atom. The molecule has 7 heteroatoms. The third-order valence-corrected chi connectivity index (χ3v) is 3.25. The molecule has 0 radical (unpaired) electrons. The summed E-state index contributed by atoms with van der Waals surface area (Å²) < 4.78 is 15.1. The summed E-state index contributed by atoms with van der Waals surface area (Å²) in [5.41, 5.74) is 0.971. The fourth-order valence-electron chi connectivity index (χ4n) is 2.02. The SMILES string of the molecule is O=C(Cl)c1cc(-c2ncccn2)nn1Cc1ccccc1F. The molecule has 0 spiro atoms. The van der Waals surface area contributed by atoms with Crippen molar-refractivity contribution in [3.8, 4) is 11.5 Å². The van der Waals surface area contributed by atoms with Gasteiger partial charge in [-0.15, -0.1) is 0 Å². The van der Waals surface area contributed by atoms with E-state index in [2.05, 4.69) is 15.1 Å². The molecule has 0 aliphatic carbocycles. The molecule has 0 aliphatic heterocycles. The van der Waals surface area contributed by atoms with Crippen LogP contribution in [-0.4, -0.2) is 25.0 Å². The lowest BCUT2D eigenvalue weighted by Crippen LogP contribution is -2.09. The lowest BCUT2D eigenvalue weighted by atomic mass is 10.2. The standard InChI is InChI=1S/C15H10ClFN4O/c16-14(22)13-8-12(15-18-6-3-7-19-15)20-21(13)9-10-4-1-2-5-11(10)17/h1-8H,9H2. The van der Waals surface area contributed by atoms with Crippen LogP contribution in [0, 0.1) is 5.82 Å². The Hall–Kier alpha value is -2.60. The number of hydrogen-bond acceptors (Lipinski definition) is 4. The van der Waals surface area contributed by atoms with Crippen LogP contribution in [0.3, 0.4) is 0 Å². The highest BCUT2D eigenvalue weighted by molar-refractivity contribution is 6.67. The van der Waals surface area contributed by atoms with Gasteiger partial charge in [0.15, 0.2) is 5.82 Å². The fourth-order valence-corrected chi connectivity index (χ4v) is 2.18. The number of carbonyl (C=O) groups is 1. The van der Waals surface area contributed by atoms with Gasteiger partial charge in [0.1, 0.15) is 17.2 Å². The minimum atomic E-state index is -0.675. The third-order valence-electron chi connectivity index (χ3n) is 3.05. The van der Waals surface area contributed by atoms with Crippen molar-refractivity contribution in [1.82, 2.24) is 19.7 Å². The Bertz CT molecular complexity index is 819. The van der Waals surface area contributed by atoms with Gasteiger partial charge in [-0.2, -0.15) is 5.10 Å². The average Bonchev–Trinajstić information content (AvgIpc) is 2.95. The lowest BCUT2D eigenvalue weighted by molar-refractivity contribution is 0.107. The molecule has 1 aromatic carbocycles. The maximum atomic E-state index is 13.8. The van der Waals surface area contributed by atoms with Crippen LogP contribution in [0.25, 0.3) is 11.5 Å². The van der Waals surface area contributed by atoms with Crippen molar-refractivity contribution in [3.63, 3.8) is 0 Å². The Kier molecular flexibility index (Phi) is 3.93. The van der Waals surface area contributed by atoms with Gasteiger partial charge in [0, 0.05) is 18.0 Å². The molecule has 110 valence electrons. The molecule has 3 rings (SSSR count). The topological polar surface area (TPSA) is 60.7 Å². The van der Waals surface area contributed by atoms with Crippen LogP contribution in [0.1, 0.15) is 16.1 Å². The Morgan fingerprint density at radius 3 is 2.59 bits per heavy atom. The molecule has 0 fully saturated rings. The molecule has 5 nitrogen and oxygen atoms in total. The maximum Gasteiger partial charge on any atom is 0.270 e. The molecular formula is C15H10ClFN4O. The van der Waals surface area contributed by atoms with Gasteiger partial charge >= 0.3 is 0 Å². The minimum Gasteiger partial charge on any atom is -0.274 e. The zero-order valence-corrected chi connectivity index (χ0v) is 12.0. The van der Waals surface area contributed by atoms with Gasteiger partial charge in [-0.25, -0.2) is 14.4 Å². The van der Waals surface area contributed by atoms with Gasteiger partial charge in [-0.3, -0.25) is 9.48 Å². The highest BCUT2D eigenvalue weighted by Crippen LogP contribution is 2.18. The summed E-state index contributed by atoms with van der Waals surface area (Å²) in [5.74, 6) is -0.00238. The van der Waals surface area contributed by atoms with Crippen LogP contribution in [0.5, 0.6) is 0 Å². The average molecular weight is 317 g/mol. The summed E-state index contributed by atoms with van der Waals surface area (Å²) >= 11 is 5.58. The number of aromatic nitrogens is 4. The van der Waals surface area contributed by atoms with Crippen molar-refractivity contribution in [2.75, 3.05) is 0 Å². The van der Waals surface area contributed by atoms with Crippen molar-refractivity contribution in [2.45, 2.75) is 6.54 Å². The van der Waals surface area contributed by atoms with Crippen LogP contribution in [0.15, 0.2) is 48.8 Å². The number of carbonyl (C=O) groups excluding carboxylic acids is 1. The first-order chi connectivity index (χ1) is 10.6. The Labute approximate surface area is 130 Å². The highest BCUT2D eigenvalue weighted by atomic mass is 35.5. The molecule has 0 unspecified atom stereocenters. The van der Waals surface area contributed by atoms with E-state index in [-0.39, 0.29) is 18.1 Å². The summed E-state index contributed by atoms with van der Waals surface area (Å²) in [6.07, 6.45) is 3.14. The van der Waals surface area contributed by atoms with Crippen molar-refractivity contribution in [2.24, 2.45) is 0 Å². The molecule has 0 amide bonds. The number of rotatable bonds is 4. The van der Waals surface area contributed by atoms with Crippen LogP contribution in [0.4, 0.5) is 4.39 Å². The molecule has 0 bridgehead atoms. The zero-order valence-electron chi connectivity index (χ0n) is 11.3. The summed E-state index contributed by atoms with van der Waals surface area (Å²) in [7, 11) is 0.